The van der Waals surface area contributed by atoms with Crippen LogP contribution in [0.3, 0.4) is 0 Å². The highest BCUT2D eigenvalue weighted by Gasteiger charge is 2.37. The zero-order chi connectivity index (χ0) is 28.0. The Morgan fingerprint density at radius 1 is 1.05 bits per heavy atom. The number of allylic oxidation sites excluding steroid dienone is 4. The summed E-state index contributed by atoms with van der Waals surface area (Å²) >= 11 is 0. The van der Waals surface area contributed by atoms with Crippen molar-refractivity contribution < 1.29 is 24.5 Å². The molecule has 0 aromatic carbocycles. The number of unbranched alkanes of at least 4 members (excludes halogenated alkanes) is 8. The lowest BCUT2D eigenvalue weighted by Crippen LogP contribution is -2.26. The van der Waals surface area contributed by atoms with Crippen LogP contribution in [-0.4, -0.2) is 60.7 Å². The Kier molecular flexibility index (Phi) is 12.3. The van der Waals surface area contributed by atoms with Gasteiger partial charge in [0.05, 0.1) is 25.7 Å². The minimum atomic E-state index is -0.690. The summed E-state index contributed by atoms with van der Waals surface area (Å²) in [5, 5.41) is 22.5. The topological polar surface area (TPSA) is 124 Å². The zero-order valence-electron chi connectivity index (χ0n) is 23.5. The van der Waals surface area contributed by atoms with E-state index >= 15 is 0 Å². The molecule has 4 heterocycles. The average Bonchev–Trinajstić information content (AvgIpc) is 3.67. The number of carboxylic acids is 1. The molecule has 0 bridgehead atoms. The van der Waals surface area contributed by atoms with E-state index in [9.17, 15) is 9.90 Å². The average molecular weight is 556 g/mol. The fourth-order valence-corrected chi connectivity index (χ4v) is 5.19. The first-order valence-corrected chi connectivity index (χ1v) is 14.9. The fraction of sp³-hybridized carbons (Fsp3) is 0.633. The molecule has 40 heavy (non-hydrogen) atoms. The highest BCUT2D eigenvalue weighted by molar-refractivity contribution is 5.69. The lowest BCUT2D eigenvalue weighted by atomic mass is 10.1. The largest absolute Gasteiger partial charge is 0.481 e. The molecule has 2 aliphatic rings. The maximum absolute atomic E-state index is 10.5. The predicted octanol–water partition coefficient (Wildman–Crippen LogP) is 5.67. The van der Waals surface area contributed by atoms with Crippen LogP contribution < -0.4 is 5.32 Å². The van der Waals surface area contributed by atoms with Gasteiger partial charge in [-0.25, -0.2) is 9.97 Å². The quantitative estimate of drug-likeness (QED) is 0.150. The third-order valence-corrected chi connectivity index (χ3v) is 7.46. The molecule has 0 aliphatic carbocycles. The van der Waals surface area contributed by atoms with Crippen LogP contribution in [0.5, 0.6) is 0 Å². The Bertz CT molecular complexity index is 1090. The standard InChI is InChI=1S/C30H45N5O5/c36-24-20-26(35-23-32-28-29-31-17-18-34(29)22-33-30(28)35)40-25(24)21-39-19-15-13-11-9-7-5-3-1-2-4-6-8-10-12-14-16-27(37)38/h1-2,5,7,17-18,23-26,33,36H,3-4,6,8-16,19-22H2,(H,37,38)/t24-,25+,26+/m0/s1. The molecule has 0 radical (unpaired) electrons. The van der Waals surface area contributed by atoms with Crippen LogP contribution in [0.25, 0.3) is 11.5 Å². The maximum Gasteiger partial charge on any atom is 0.303 e. The number of nitrogens with one attached hydrogen (secondary N) is 1. The highest BCUT2D eigenvalue weighted by atomic mass is 16.6. The van der Waals surface area contributed by atoms with Crippen molar-refractivity contribution in [3.8, 4) is 11.5 Å². The summed E-state index contributed by atoms with van der Waals surface area (Å²) in [5.41, 5.74) is 0.801. The van der Waals surface area contributed by atoms with Crippen molar-refractivity contribution in [2.24, 2.45) is 0 Å². The minimum Gasteiger partial charge on any atom is -0.481 e. The van der Waals surface area contributed by atoms with E-state index in [2.05, 4.69) is 39.6 Å². The van der Waals surface area contributed by atoms with Crippen LogP contribution in [0.1, 0.15) is 89.7 Å². The number of anilines is 1. The summed E-state index contributed by atoms with van der Waals surface area (Å²) in [5.74, 6) is 1.02. The highest BCUT2D eigenvalue weighted by Crippen LogP contribution is 2.36. The van der Waals surface area contributed by atoms with E-state index in [0.29, 0.717) is 32.7 Å². The van der Waals surface area contributed by atoms with E-state index in [1.807, 2.05) is 15.3 Å². The first-order chi connectivity index (χ1) is 19.6. The lowest BCUT2D eigenvalue weighted by molar-refractivity contribution is -0.137. The number of hydrogen-bond acceptors (Lipinski definition) is 7. The first-order valence-electron chi connectivity index (χ1n) is 14.9. The Balaban J connectivity index is 0.986. The van der Waals surface area contributed by atoms with Crippen LogP contribution in [0.4, 0.5) is 5.82 Å². The van der Waals surface area contributed by atoms with E-state index in [1.165, 1.54) is 12.8 Å². The van der Waals surface area contributed by atoms with E-state index < -0.39 is 12.1 Å². The van der Waals surface area contributed by atoms with Crippen molar-refractivity contribution in [2.45, 2.75) is 109 Å². The molecular weight excluding hydrogens is 510 g/mol. The number of fused-ring (bicyclic) bond motifs is 3. The van der Waals surface area contributed by atoms with Gasteiger partial charge in [-0.2, -0.15) is 0 Å². The van der Waals surface area contributed by atoms with E-state index in [-0.39, 0.29) is 12.3 Å². The van der Waals surface area contributed by atoms with Crippen LogP contribution in [0, 0.1) is 0 Å². The summed E-state index contributed by atoms with van der Waals surface area (Å²) in [4.78, 5) is 19.4. The molecule has 0 saturated carbocycles. The lowest BCUT2D eigenvalue weighted by Gasteiger charge is -2.21. The number of imidazole rings is 2. The SMILES string of the molecule is O=C(O)CCCCCCCC=CCC=CCCCCCOC[C@H]1O[C@@H](n2cnc3c2NCn2ccnc2-3)C[C@@H]1O. The molecule has 10 heteroatoms. The molecule has 0 unspecified atom stereocenters. The second kappa shape index (κ2) is 16.3. The van der Waals surface area contributed by atoms with Gasteiger partial charge in [-0.15, -0.1) is 0 Å². The normalized spacial score (nSPS) is 20.3. The number of aliphatic hydroxyl groups excluding tert-OH is 1. The van der Waals surface area contributed by atoms with Crippen LogP contribution in [0.15, 0.2) is 43.0 Å². The van der Waals surface area contributed by atoms with Crippen LogP contribution in [-0.2, 0) is 20.9 Å². The number of hydrogen-bond donors (Lipinski definition) is 3. The van der Waals surface area contributed by atoms with Gasteiger partial charge in [-0.05, 0) is 44.9 Å². The number of aliphatic carboxylic acids is 1. The van der Waals surface area contributed by atoms with Gasteiger partial charge in [0.2, 0.25) is 0 Å². The van der Waals surface area contributed by atoms with E-state index in [0.717, 1.165) is 75.1 Å². The Morgan fingerprint density at radius 2 is 1.80 bits per heavy atom. The number of aliphatic hydroxyl groups is 1. The van der Waals surface area contributed by atoms with Crippen molar-refractivity contribution in [2.75, 3.05) is 18.5 Å². The number of ether oxygens (including phenoxy) is 2. The summed E-state index contributed by atoms with van der Waals surface area (Å²) < 4.78 is 15.9. The second-order valence-corrected chi connectivity index (χ2v) is 10.6. The van der Waals surface area contributed by atoms with Gasteiger partial charge in [0.1, 0.15) is 23.8 Å². The predicted molar refractivity (Wildman–Crippen MR) is 154 cm³/mol. The molecule has 2 aliphatic heterocycles. The Labute approximate surface area is 237 Å². The van der Waals surface area contributed by atoms with Gasteiger partial charge in [-0.3, -0.25) is 9.36 Å². The molecule has 1 saturated heterocycles. The van der Waals surface area contributed by atoms with Crippen molar-refractivity contribution in [3.05, 3.63) is 43.0 Å². The van der Waals surface area contributed by atoms with E-state index in [1.54, 1.807) is 12.5 Å². The van der Waals surface area contributed by atoms with Crippen molar-refractivity contribution in [3.63, 3.8) is 0 Å². The summed E-state index contributed by atoms with van der Waals surface area (Å²) in [6, 6.07) is 0. The monoisotopic (exact) mass is 555 g/mol. The molecule has 1 fully saturated rings. The van der Waals surface area contributed by atoms with Gasteiger partial charge in [0.15, 0.2) is 5.82 Å². The number of nitrogens with zero attached hydrogens (tertiary/aromatic N) is 4. The van der Waals surface area contributed by atoms with Gasteiger partial charge in [0.25, 0.3) is 0 Å². The Morgan fingerprint density at radius 3 is 2.60 bits per heavy atom. The molecule has 4 rings (SSSR count). The smallest absolute Gasteiger partial charge is 0.303 e. The fourth-order valence-electron chi connectivity index (χ4n) is 5.19. The first kappa shape index (κ1) is 30.0. The van der Waals surface area contributed by atoms with E-state index in [4.69, 9.17) is 14.6 Å². The Hall–Kier alpha value is -2.95. The molecule has 0 amide bonds. The molecule has 0 spiro atoms. The van der Waals surface area contributed by atoms with Crippen molar-refractivity contribution in [1.29, 1.82) is 0 Å². The minimum absolute atomic E-state index is 0.280. The van der Waals surface area contributed by atoms with Crippen LogP contribution in [0.2, 0.25) is 0 Å². The maximum atomic E-state index is 10.5. The molecule has 220 valence electrons. The molecule has 2 aromatic rings. The third-order valence-electron chi connectivity index (χ3n) is 7.46. The molecule has 3 atom stereocenters. The molecule has 3 N–H and O–H groups in total. The van der Waals surface area contributed by atoms with Gasteiger partial charge < -0.3 is 29.6 Å². The van der Waals surface area contributed by atoms with Crippen molar-refractivity contribution in [1.82, 2.24) is 19.1 Å². The molecular formula is C30H45N5O5. The van der Waals surface area contributed by atoms with Gasteiger partial charge in [-0.1, -0.05) is 50.0 Å². The van der Waals surface area contributed by atoms with Gasteiger partial charge >= 0.3 is 5.97 Å². The number of rotatable bonds is 19. The van der Waals surface area contributed by atoms with Crippen molar-refractivity contribution >= 4 is 11.8 Å². The summed E-state index contributed by atoms with van der Waals surface area (Å²) in [6.07, 6.45) is 25.8. The summed E-state index contributed by atoms with van der Waals surface area (Å²) in [6.45, 7) is 1.70. The number of carbonyl (C=O) groups is 1. The molecule has 10 nitrogen and oxygen atoms in total. The molecule has 2 aromatic heterocycles. The third kappa shape index (κ3) is 9.04. The zero-order valence-corrected chi connectivity index (χ0v) is 23.5. The van der Waals surface area contributed by atoms with Gasteiger partial charge in [0, 0.05) is 31.8 Å². The second-order valence-electron chi connectivity index (χ2n) is 10.6. The number of aromatic nitrogens is 4. The van der Waals surface area contributed by atoms with Crippen LogP contribution >= 0.6 is 0 Å². The summed E-state index contributed by atoms with van der Waals surface area (Å²) in [7, 11) is 0. The number of carboxylic acid groups (broad SMARTS) is 1.